The van der Waals surface area contributed by atoms with Crippen LogP contribution < -0.4 is 4.72 Å². The van der Waals surface area contributed by atoms with Gasteiger partial charge in [-0.05, 0) is 54.6 Å². The molecule has 2 aliphatic rings. The van der Waals surface area contributed by atoms with Crippen LogP contribution in [0.15, 0.2) is 52.7 Å². The number of anilines is 1. The van der Waals surface area contributed by atoms with Gasteiger partial charge in [-0.3, -0.25) is 9.52 Å². The summed E-state index contributed by atoms with van der Waals surface area (Å²) in [6.45, 7) is 2.62. The number of nitrogens with zero attached hydrogens (tertiary/aromatic N) is 3. The van der Waals surface area contributed by atoms with Crippen molar-refractivity contribution in [3.63, 3.8) is 0 Å². The maximum Gasteiger partial charge on any atom is 0.261 e. The highest BCUT2D eigenvalue weighted by molar-refractivity contribution is 7.92. The fourth-order valence-electron chi connectivity index (χ4n) is 4.98. The number of carbonyl (C=O) groups is 1. The van der Waals surface area contributed by atoms with Crippen molar-refractivity contribution in [1.82, 2.24) is 14.5 Å². The van der Waals surface area contributed by atoms with Gasteiger partial charge in [0.25, 0.3) is 15.9 Å². The number of carbonyl (C=O) groups excluding carboxylic acids is 1. The molecule has 0 radical (unpaired) electrons. The van der Waals surface area contributed by atoms with E-state index in [-0.39, 0.29) is 16.8 Å². The lowest BCUT2D eigenvalue weighted by Crippen LogP contribution is -2.34. The minimum Gasteiger partial charge on any atom is -0.332 e. The number of rotatable bonds is 7. The molecule has 1 aromatic heterocycles. The van der Waals surface area contributed by atoms with Gasteiger partial charge in [0.1, 0.15) is 5.69 Å². The zero-order valence-electron chi connectivity index (χ0n) is 18.4. The summed E-state index contributed by atoms with van der Waals surface area (Å²) in [5, 5.41) is 5.81. The van der Waals surface area contributed by atoms with Crippen molar-refractivity contribution in [3.8, 4) is 11.3 Å². The highest BCUT2D eigenvalue weighted by atomic mass is 32.2. The predicted molar refractivity (Wildman–Crippen MR) is 129 cm³/mol. The number of fused-ring (bicyclic) bond motifs is 1. The van der Waals surface area contributed by atoms with Crippen LogP contribution in [0.1, 0.15) is 54.9 Å². The molecule has 9 heteroatoms. The average molecular weight is 483 g/mol. The average Bonchev–Trinajstić information content (AvgIpc) is 3.56. The summed E-state index contributed by atoms with van der Waals surface area (Å²) in [7, 11) is -3.85. The molecule has 0 saturated heterocycles. The molecular weight excluding hydrogens is 456 g/mol. The van der Waals surface area contributed by atoms with Crippen molar-refractivity contribution in [2.24, 2.45) is 5.92 Å². The molecule has 7 nitrogen and oxygen atoms in total. The number of hydrogen-bond donors (Lipinski definition) is 1. The Balaban J connectivity index is 1.35. The SMILES string of the molecule is CC(CC1CCCC1)N1Cc2cccc(NS(=O)(=O)c3ccc(-c4csnn4)cc3)c2C1=O. The second-order valence-corrected chi connectivity index (χ2v) is 11.2. The Morgan fingerprint density at radius 1 is 1.15 bits per heavy atom. The van der Waals surface area contributed by atoms with E-state index in [2.05, 4.69) is 21.2 Å². The summed E-state index contributed by atoms with van der Waals surface area (Å²) in [5.74, 6) is 0.581. The first-order valence-corrected chi connectivity index (χ1v) is 13.6. The van der Waals surface area contributed by atoms with E-state index in [1.807, 2.05) is 11.0 Å². The van der Waals surface area contributed by atoms with Gasteiger partial charge >= 0.3 is 0 Å². The van der Waals surface area contributed by atoms with Crippen LogP contribution in [0.2, 0.25) is 0 Å². The van der Waals surface area contributed by atoms with E-state index in [4.69, 9.17) is 0 Å². The van der Waals surface area contributed by atoms with E-state index in [0.29, 0.717) is 29.4 Å². The summed E-state index contributed by atoms with van der Waals surface area (Å²) >= 11 is 1.24. The maximum atomic E-state index is 13.3. The third-order valence-electron chi connectivity index (χ3n) is 6.71. The number of hydrogen-bond acceptors (Lipinski definition) is 6. The number of aromatic nitrogens is 2. The van der Waals surface area contributed by atoms with Crippen molar-refractivity contribution >= 4 is 33.2 Å². The Morgan fingerprint density at radius 2 is 1.91 bits per heavy atom. The molecule has 1 aliphatic carbocycles. The molecule has 3 aromatic rings. The van der Waals surface area contributed by atoms with Crippen LogP contribution in [0, 0.1) is 5.92 Å². The number of amides is 1. The molecule has 0 bridgehead atoms. The minimum atomic E-state index is -3.85. The Kier molecular flexibility index (Phi) is 5.92. The highest BCUT2D eigenvalue weighted by Crippen LogP contribution is 2.35. The standard InChI is InChI=1S/C24H26N4O3S2/c1-16(13-17-5-2-3-6-17)28-14-19-7-4-8-21(23(19)24(28)29)26-33(30,31)20-11-9-18(10-12-20)22-15-32-27-25-22/h4,7-12,15-17,26H,2-3,5-6,13-14H2,1H3. The Labute approximate surface area is 198 Å². The lowest BCUT2D eigenvalue weighted by atomic mass is 9.98. The smallest absolute Gasteiger partial charge is 0.261 e. The Bertz CT molecular complexity index is 1250. The predicted octanol–water partition coefficient (Wildman–Crippen LogP) is 4.93. The summed E-state index contributed by atoms with van der Waals surface area (Å²) in [5.41, 5.74) is 3.16. The van der Waals surface area contributed by atoms with E-state index in [0.717, 1.165) is 17.5 Å². The molecule has 33 heavy (non-hydrogen) atoms. The summed E-state index contributed by atoms with van der Waals surface area (Å²) in [6.07, 6.45) is 6.03. The summed E-state index contributed by atoms with van der Waals surface area (Å²) in [4.78, 5) is 15.3. The largest absolute Gasteiger partial charge is 0.332 e. The quantitative estimate of drug-likeness (QED) is 0.515. The van der Waals surface area contributed by atoms with E-state index < -0.39 is 10.0 Å². The summed E-state index contributed by atoms with van der Waals surface area (Å²) < 4.78 is 32.7. The number of nitrogens with one attached hydrogen (secondary N) is 1. The molecule has 5 rings (SSSR count). The zero-order chi connectivity index (χ0) is 23.0. The van der Waals surface area contributed by atoms with Crippen LogP contribution in [0.25, 0.3) is 11.3 Å². The Morgan fingerprint density at radius 3 is 2.61 bits per heavy atom. The normalized spacial score (nSPS) is 17.4. The van der Waals surface area contributed by atoms with Crippen molar-refractivity contribution in [2.45, 2.75) is 56.5 Å². The monoisotopic (exact) mass is 482 g/mol. The highest BCUT2D eigenvalue weighted by Gasteiger charge is 2.35. The van der Waals surface area contributed by atoms with E-state index in [9.17, 15) is 13.2 Å². The van der Waals surface area contributed by atoms with E-state index in [1.165, 1.54) is 49.3 Å². The van der Waals surface area contributed by atoms with Gasteiger partial charge in [0.05, 0.1) is 16.1 Å². The lowest BCUT2D eigenvalue weighted by Gasteiger charge is -2.26. The van der Waals surface area contributed by atoms with Gasteiger partial charge < -0.3 is 4.90 Å². The van der Waals surface area contributed by atoms with Gasteiger partial charge in [0.15, 0.2) is 0 Å². The molecule has 1 aliphatic heterocycles. The van der Waals surface area contributed by atoms with Gasteiger partial charge in [-0.2, -0.15) is 0 Å². The van der Waals surface area contributed by atoms with Crippen molar-refractivity contribution < 1.29 is 13.2 Å². The first-order chi connectivity index (χ1) is 15.9. The molecule has 0 spiro atoms. The number of benzene rings is 2. The molecule has 1 amide bonds. The van der Waals surface area contributed by atoms with Crippen LogP contribution in [0.5, 0.6) is 0 Å². The topological polar surface area (TPSA) is 92.3 Å². The van der Waals surface area contributed by atoms with Gasteiger partial charge in [0.2, 0.25) is 0 Å². The van der Waals surface area contributed by atoms with Crippen LogP contribution >= 0.6 is 11.5 Å². The molecule has 1 unspecified atom stereocenters. The van der Waals surface area contributed by atoms with Crippen LogP contribution in [-0.2, 0) is 16.6 Å². The van der Waals surface area contributed by atoms with Gasteiger partial charge in [-0.25, -0.2) is 8.42 Å². The van der Waals surface area contributed by atoms with Gasteiger partial charge in [0, 0.05) is 23.5 Å². The minimum absolute atomic E-state index is 0.0971. The second-order valence-electron chi connectivity index (χ2n) is 8.93. The fraction of sp³-hybridized carbons (Fsp3) is 0.375. The van der Waals surface area contributed by atoms with Gasteiger partial charge in [-0.15, -0.1) is 5.10 Å². The molecule has 1 fully saturated rings. The van der Waals surface area contributed by atoms with Gasteiger partial charge in [-0.1, -0.05) is 54.4 Å². The molecule has 172 valence electrons. The first kappa shape index (κ1) is 22.0. The lowest BCUT2D eigenvalue weighted by molar-refractivity contribution is 0.0695. The third-order valence-corrected chi connectivity index (χ3v) is 8.60. The molecule has 2 aromatic carbocycles. The Hall–Kier alpha value is -2.78. The molecule has 1 atom stereocenters. The first-order valence-electron chi connectivity index (χ1n) is 11.3. The van der Waals surface area contributed by atoms with E-state index >= 15 is 0 Å². The number of sulfonamides is 1. The van der Waals surface area contributed by atoms with Crippen molar-refractivity contribution in [2.75, 3.05) is 4.72 Å². The molecule has 1 N–H and O–H groups in total. The molecular formula is C24H26N4O3S2. The van der Waals surface area contributed by atoms with E-state index in [1.54, 1.807) is 29.6 Å². The molecule has 1 saturated carbocycles. The third kappa shape index (κ3) is 4.39. The zero-order valence-corrected chi connectivity index (χ0v) is 20.0. The maximum absolute atomic E-state index is 13.3. The van der Waals surface area contributed by atoms with Crippen LogP contribution in [-0.4, -0.2) is 34.9 Å². The van der Waals surface area contributed by atoms with Crippen molar-refractivity contribution in [3.05, 3.63) is 59.0 Å². The van der Waals surface area contributed by atoms with Crippen LogP contribution in [0.3, 0.4) is 0 Å². The summed E-state index contributed by atoms with van der Waals surface area (Å²) in [6, 6.07) is 12.0. The fourth-order valence-corrected chi connectivity index (χ4v) is 6.52. The molecule has 2 heterocycles. The van der Waals surface area contributed by atoms with Crippen molar-refractivity contribution in [1.29, 1.82) is 0 Å². The van der Waals surface area contributed by atoms with Crippen LogP contribution in [0.4, 0.5) is 5.69 Å². The second kappa shape index (κ2) is 8.87.